The Balaban J connectivity index is 0.00000104. The first-order valence-electron chi connectivity index (χ1n) is 7.97. The quantitative estimate of drug-likeness (QED) is 0.516. The van der Waals surface area contributed by atoms with Gasteiger partial charge >= 0.3 is 139 Å². The zero-order chi connectivity index (χ0) is 15.1. The van der Waals surface area contributed by atoms with Crippen LogP contribution >= 0.6 is 24.8 Å². The van der Waals surface area contributed by atoms with Crippen molar-refractivity contribution >= 4 is 43.2 Å². The van der Waals surface area contributed by atoms with Crippen molar-refractivity contribution < 1.29 is 16.6 Å². The Morgan fingerprint density at radius 3 is 1.54 bits per heavy atom. The van der Waals surface area contributed by atoms with E-state index in [9.17, 15) is 0 Å². The van der Waals surface area contributed by atoms with Gasteiger partial charge in [0.05, 0.1) is 0 Å². The molecule has 0 radical (unpaired) electrons. The molecule has 124 valence electrons. The molecule has 0 saturated heterocycles. The minimum absolute atomic E-state index is 0. The van der Waals surface area contributed by atoms with Crippen molar-refractivity contribution in [2.24, 2.45) is 0 Å². The average Bonchev–Trinajstić information content (AvgIpc) is 3.13. The third-order valence-electron chi connectivity index (χ3n) is 4.85. The van der Waals surface area contributed by atoms with E-state index in [1.54, 1.807) is 11.1 Å². The van der Waals surface area contributed by atoms with E-state index >= 15 is 0 Å². The van der Waals surface area contributed by atoms with Gasteiger partial charge in [-0.3, -0.25) is 0 Å². The van der Waals surface area contributed by atoms with Crippen LogP contribution in [0.25, 0.3) is 12.2 Å². The number of benzene rings is 2. The summed E-state index contributed by atoms with van der Waals surface area (Å²) in [5, 5.41) is 0. The Morgan fingerprint density at radius 1 is 0.708 bits per heavy atom. The van der Waals surface area contributed by atoms with Crippen LogP contribution in [-0.4, -0.2) is 6.19 Å². The van der Waals surface area contributed by atoms with Crippen molar-refractivity contribution in [3.05, 3.63) is 82.9 Å². The summed E-state index contributed by atoms with van der Waals surface area (Å²) in [4.78, 5) is 0. The van der Waals surface area contributed by atoms with Gasteiger partial charge in [-0.1, -0.05) is 0 Å². The van der Waals surface area contributed by atoms with Crippen LogP contribution in [0.5, 0.6) is 0 Å². The van der Waals surface area contributed by atoms with Gasteiger partial charge in [0.15, 0.2) is 0 Å². The Hall–Kier alpha value is -0.569. The van der Waals surface area contributed by atoms with Gasteiger partial charge < -0.3 is 0 Å². The molecule has 24 heavy (non-hydrogen) atoms. The van der Waals surface area contributed by atoms with Gasteiger partial charge in [-0.15, -0.1) is 24.8 Å². The number of allylic oxidation sites excluding steroid dienone is 2. The zero-order valence-corrected chi connectivity index (χ0v) is 18.1. The van der Waals surface area contributed by atoms with E-state index in [1.807, 2.05) is 0 Å². The van der Waals surface area contributed by atoms with Gasteiger partial charge in [-0.05, 0) is 0 Å². The van der Waals surface area contributed by atoms with Gasteiger partial charge in [-0.2, -0.15) is 0 Å². The second-order valence-corrected chi connectivity index (χ2v) is 18.8. The largest absolute Gasteiger partial charge is 0.147 e. The maximum absolute atomic E-state index is 2.55. The molecule has 0 nitrogen and oxygen atoms in total. The van der Waals surface area contributed by atoms with Gasteiger partial charge in [0, 0.05) is 0 Å². The predicted molar refractivity (Wildman–Crippen MR) is 108 cm³/mol. The molecule has 2 aliphatic carbocycles. The smallest absolute Gasteiger partial charge is 0.147 e. The monoisotopic (exact) mass is 408 g/mol. The van der Waals surface area contributed by atoms with Crippen LogP contribution in [0.4, 0.5) is 0 Å². The van der Waals surface area contributed by atoms with E-state index < -0.39 is 16.6 Å². The molecule has 2 aliphatic rings. The molecule has 0 fully saturated rings. The van der Waals surface area contributed by atoms with E-state index in [0.717, 1.165) is 8.45 Å². The van der Waals surface area contributed by atoms with Crippen molar-refractivity contribution in [1.82, 2.24) is 0 Å². The van der Waals surface area contributed by atoms with E-state index in [4.69, 9.17) is 0 Å². The number of fused-ring (bicyclic) bond motifs is 2. The van der Waals surface area contributed by atoms with Crippen LogP contribution in [0, 0.1) is 0 Å². The fourth-order valence-electron chi connectivity index (χ4n) is 3.86. The van der Waals surface area contributed by atoms with Gasteiger partial charge in [0.2, 0.25) is 0 Å². The molecule has 0 spiro atoms. The second kappa shape index (κ2) is 8.21. The molecule has 2 atom stereocenters. The Kier molecular flexibility index (Phi) is 6.75. The summed E-state index contributed by atoms with van der Waals surface area (Å²) < 4.78 is 1.47. The first-order chi connectivity index (χ1) is 10.8. The molecular weight excluding hydrogens is 387 g/mol. The number of halogens is 2. The molecular formula is C20H22Cl2SiTi. The summed E-state index contributed by atoms with van der Waals surface area (Å²) in [5.74, 6) is 0. The molecule has 0 heterocycles. The molecule has 0 aromatic heterocycles. The van der Waals surface area contributed by atoms with Crippen LogP contribution in [0.3, 0.4) is 0 Å². The van der Waals surface area contributed by atoms with Crippen LogP contribution in [0.2, 0.25) is 13.1 Å². The Labute approximate surface area is 163 Å². The predicted octanol–water partition coefficient (Wildman–Crippen LogP) is 6.24. The molecule has 2 unspecified atom stereocenters. The van der Waals surface area contributed by atoms with E-state index in [1.165, 1.54) is 11.1 Å². The minimum Gasteiger partial charge on any atom is -0.147 e. The number of rotatable bonds is 2. The van der Waals surface area contributed by atoms with Crippen LogP contribution in [-0.2, 0) is 16.6 Å². The number of hydrogen-bond acceptors (Lipinski definition) is 0. The number of hydrogen-bond donors (Lipinski definition) is 0. The van der Waals surface area contributed by atoms with Crippen molar-refractivity contribution in [3.63, 3.8) is 0 Å². The summed E-state index contributed by atoms with van der Waals surface area (Å²) in [7, 11) is 0. The fraction of sp³-hybridized carbons (Fsp3) is 0.200. The SMILES string of the molecule is C[Si](C)=[Ti]([CH]1C=Cc2ccccc21)[CH]1C=Cc2ccccc21.Cl.Cl. The van der Waals surface area contributed by atoms with Crippen LogP contribution in [0.15, 0.2) is 60.7 Å². The van der Waals surface area contributed by atoms with E-state index in [-0.39, 0.29) is 31.0 Å². The fourth-order valence-corrected chi connectivity index (χ4v) is 16.4. The molecule has 2 aromatic carbocycles. The maximum atomic E-state index is 2.55. The summed E-state index contributed by atoms with van der Waals surface area (Å²) in [6, 6.07) is 18.0. The summed E-state index contributed by atoms with van der Waals surface area (Å²) in [6.07, 6.45) is 9.51. The van der Waals surface area contributed by atoms with Crippen molar-refractivity contribution in [3.8, 4) is 0 Å². The Morgan fingerprint density at radius 2 is 1.12 bits per heavy atom. The molecule has 4 heteroatoms. The maximum Gasteiger partial charge on any atom is -0.147 e. The van der Waals surface area contributed by atoms with Crippen molar-refractivity contribution in [1.29, 1.82) is 0 Å². The summed E-state index contributed by atoms with van der Waals surface area (Å²) in [6.45, 7) is 5.09. The second-order valence-electron chi connectivity index (χ2n) is 6.39. The van der Waals surface area contributed by atoms with E-state index in [0.29, 0.717) is 0 Å². The molecule has 0 bridgehead atoms. The first-order valence-corrected chi connectivity index (χ1v) is 14.6. The van der Waals surface area contributed by atoms with Crippen molar-refractivity contribution in [2.45, 2.75) is 21.5 Å². The third kappa shape index (κ3) is 3.38. The molecule has 4 rings (SSSR count). The third-order valence-corrected chi connectivity index (χ3v) is 17.6. The van der Waals surface area contributed by atoms with Gasteiger partial charge in [-0.25, -0.2) is 0 Å². The zero-order valence-electron chi connectivity index (χ0n) is 13.9. The van der Waals surface area contributed by atoms with Crippen molar-refractivity contribution in [2.75, 3.05) is 0 Å². The molecule has 0 aliphatic heterocycles. The molecule has 0 N–H and O–H groups in total. The first kappa shape index (κ1) is 19.8. The summed E-state index contributed by atoms with van der Waals surface area (Å²) in [5.41, 5.74) is 6.11. The topological polar surface area (TPSA) is 0 Å². The summed E-state index contributed by atoms with van der Waals surface area (Å²) >= 11 is -1.29. The van der Waals surface area contributed by atoms with E-state index in [2.05, 4.69) is 85.9 Å². The van der Waals surface area contributed by atoms with Crippen LogP contribution < -0.4 is 0 Å². The van der Waals surface area contributed by atoms with Crippen LogP contribution in [0.1, 0.15) is 30.7 Å². The normalized spacial score (nSPS) is 19.1. The Bertz CT molecular complexity index is 772. The standard InChI is InChI=1S/2C9H7.C2H6Si.2ClH.Ti/c2*1-2-5-9-7-3-6-8(9)4-1;1-3-2;;;/h2*1-7H;1-2H3;2*1H;. The van der Waals surface area contributed by atoms with Gasteiger partial charge in [0.25, 0.3) is 0 Å². The molecule has 0 amide bonds. The average molecular weight is 409 g/mol. The van der Waals surface area contributed by atoms with Gasteiger partial charge in [0.1, 0.15) is 0 Å². The molecule has 0 saturated carbocycles. The molecule has 2 aromatic rings. The minimum atomic E-state index is -1.29.